The number of carbonyl (C=O) groups excluding carboxylic acids is 2. The molecule has 5 N–H and O–H groups in total. The number of benzene rings is 2. The largest absolute Gasteiger partial charge is 0.349 e. The third kappa shape index (κ3) is 6.73. The van der Waals surface area contributed by atoms with E-state index >= 15 is 0 Å². The van der Waals surface area contributed by atoms with Crippen LogP contribution in [0.5, 0.6) is 0 Å². The van der Waals surface area contributed by atoms with E-state index in [1.807, 2.05) is 0 Å². The maximum Gasteiger partial charge on any atom is 0.251 e. The van der Waals surface area contributed by atoms with Crippen LogP contribution in [0.4, 0.5) is 10.1 Å². The van der Waals surface area contributed by atoms with Gasteiger partial charge in [0.15, 0.2) is 11.5 Å². The van der Waals surface area contributed by atoms with E-state index in [4.69, 9.17) is 17.0 Å². The summed E-state index contributed by atoms with van der Waals surface area (Å²) in [5.74, 6) is -0.947. The Hall–Kier alpha value is -3.03. The van der Waals surface area contributed by atoms with Gasteiger partial charge in [0.1, 0.15) is 12.0 Å². The van der Waals surface area contributed by atoms with Gasteiger partial charge in [0.05, 0.1) is 0 Å². The summed E-state index contributed by atoms with van der Waals surface area (Å²) in [7, 11) is 0. The van der Waals surface area contributed by atoms with E-state index in [0.29, 0.717) is 42.0 Å². The van der Waals surface area contributed by atoms with Crippen LogP contribution in [-0.4, -0.2) is 23.7 Å². The molecule has 0 bridgehead atoms. The molecule has 2 aromatic rings. The van der Waals surface area contributed by atoms with Gasteiger partial charge in [-0.2, -0.15) is 0 Å². The van der Waals surface area contributed by atoms with E-state index in [1.165, 1.54) is 18.3 Å². The van der Waals surface area contributed by atoms with E-state index in [0.717, 1.165) is 0 Å². The molecule has 1 saturated carbocycles. The summed E-state index contributed by atoms with van der Waals surface area (Å²) in [6, 6.07) is 13.1. The second-order valence-corrected chi connectivity index (χ2v) is 7.92. The Morgan fingerprint density at radius 2 is 1.74 bits per heavy atom. The third-order valence-electron chi connectivity index (χ3n) is 5.24. The lowest BCUT2D eigenvalue weighted by Gasteiger charge is -2.28. The van der Waals surface area contributed by atoms with Crippen LogP contribution in [0.15, 0.2) is 60.8 Å². The van der Waals surface area contributed by atoms with E-state index in [-0.39, 0.29) is 35.4 Å². The first-order valence-corrected chi connectivity index (χ1v) is 10.5. The van der Waals surface area contributed by atoms with Crippen LogP contribution < -0.4 is 16.0 Å². The van der Waals surface area contributed by atoms with Crippen LogP contribution in [0, 0.1) is 17.1 Å². The number of hydrogen-bond acceptors (Lipinski definition) is 3. The Kier molecular flexibility index (Phi) is 7.92. The highest BCUT2D eigenvalue weighted by molar-refractivity contribution is 6.30. The molecule has 0 heterocycles. The number of para-hydroxylation sites is 1. The molecule has 0 atom stereocenters. The summed E-state index contributed by atoms with van der Waals surface area (Å²) >= 11 is 5.85. The highest BCUT2D eigenvalue weighted by atomic mass is 35.5. The molecule has 2 aromatic carbocycles. The summed E-state index contributed by atoms with van der Waals surface area (Å²) in [6.07, 6.45) is 5.61. The van der Waals surface area contributed by atoms with Crippen molar-refractivity contribution in [3.63, 3.8) is 0 Å². The van der Waals surface area contributed by atoms with Crippen molar-refractivity contribution in [2.24, 2.45) is 5.92 Å². The predicted molar refractivity (Wildman–Crippen MR) is 118 cm³/mol. The van der Waals surface area contributed by atoms with E-state index in [9.17, 15) is 14.0 Å². The van der Waals surface area contributed by atoms with Crippen molar-refractivity contribution in [1.82, 2.24) is 10.6 Å². The summed E-state index contributed by atoms with van der Waals surface area (Å²) < 4.78 is 13.6. The van der Waals surface area contributed by atoms with Crippen molar-refractivity contribution in [2.75, 3.05) is 0 Å². The average molecular weight is 444 g/mol. The van der Waals surface area contributed by atoms with Crippen molar-refractivity contribution < 1.29 is 19.3 Å². The Morgan fingerprint density at radius 3 is 2.42 bits per heavy atom. The van der Waals surface area contributed by atoms with Gasteiger partial charge in [-0.1, -0.05) is 23.7 Å². The molecular weight excluding hydrogens is 419 g/mol. The van der Waals surface area contributed by atoms with Gasteiger partial charge in [-0.25, -0.2) is 4.39 Å². The summed E-state index contributed by atoms with van der Waals surface area (Å²) in [6.45, 7) is 0. The van der Waals surface area contributed by atoms with Gasteiger partial charge in [0.2, 0.25) is 5.91 Å². The number of hydrogen-bond donors (Lipinski definition) is 4. The second kappa shape index (κ2) is 10.8. The number of carbonyl (C=O) groups is 2. The summed E-state index contributed by atoms with van der Waals surface area (Å²) in [5, 5.41) is 15.6. The number of nitrogens with two attached hydrogens (primary N) is 1. The fraction of sp³-hybridized carbons (Fsp3) is 0.261. The monoisotopic (exact) mass is 443 g/mol. The van der Waals surface area contributed by atoms with Crippen molar-refractivity contribution in [1.29, 1.82) is 5.41 Å². The lowest BCUT2D eigenvalue weighted by molar-refractivity contribution is -0.498. The first-order valence-electron chi connectivity index (χ1n) is 10.1. The highest BCUT2D eigenvalue weighted by Gasteiger charge is 2.27. The van der Waals surface area contributed by atoms with Crippen LogP contribution in [-0.2, 0) is 4.79 Å². The Morgan fingerprint density at radius 1 is 1.06 bits per heavy atom. The van der Waals surface area contributed by atoms with Gasteiger partial charge in [0, 0.05) is 34.7 Å². The molecule has 6 nitrogen and oxygen atoms in total. The predicted octanol–water partition coefficient (Wildman–Crippen LogP) is 3.27. The number of nitrogens with one attached hydrogen (secondary N) is 3. The van der Waals surface area contributed by atoms with Crippen molar-refractivity contribution in [2.45, 2.75) is 31.7 Å². The smallest absolute Gasteiger partial charge is 0.251 e. The minimum Gasteiger partial charge on any atom is -0.349 e. The fourth-order valence-electron chi connectivity index (χ4n) is 3.50. The minimum absolute atomic E-state index is 0.0157. The molecule has 8 heteroatoms. The van der Waals surface area contributed by atoms with Gasteiger partial charge in [0.25, 0.3) is 5.91 Å². The topological polar surface area (TPSA) is 98.7 Å². The molecule has 0 aromatic heterocycles. The third-order valence-corrected chi connectivity index (χ3v) is 5.49. The second-order valence-electron chi connectivity index (χ2n) is 7.48. The lowest BCUT2D eigenvalue weighted by Crippen LogP contribution is -2.71. The average Bonchev–Trinajstić information content (AvgIpc) is 2.76. The highest BCUT2D eigenvalue weighted by Crippen LogP contribution is 2.25. The lowest BCUT2D eigenvalue weighted by atomic mass is 9.85. The molecule has 0 spiro atoms. The number of quaternary nitrogens is 1. The van der Waals surface area contributed by atoms with Gasteiger partial charge in [-0.15, -0.1) is 0 Å². The molecule has 2 amide bonds. The molecule has 1 aliphatic carbocycles. The zero-order valence-electron chi connectivity index (χ0n) is 16.9. The zero-order chi connectivity index (χ0) is 22.2. The molecule has 31 heavy (non-hydrogen) atoms. The number of halogens is 2. The van der Waals surface area contributed by atoms with Gasteiger partial charge < -0.3 is 10.6 Å². The number of rotatable bonds is 6. The maximum atomic E-state index is 13.6. The van der Waals surface area contributed by atoms with E-state index in [1.54, 1.807) is 47.8 Å². The normalized spacial score (nSPS) is 18.5. The maximum absolute atomic E-state index is 13.6. The molecule has 0 aliphatic heterocycles. The Bertz CT molecular complexity index is 970. The van der Waals surface area contributed by atoms with Gasteiger partial charge >= 0.3 is 0 Å². The standard InChI is InChI=1S/C23H24ClFN4O2/c24-17-9-5-15(6-10-17)22(30)28-18-11-7-16(8-12-18)23(31)29-21(26)13-14-27-20-4-2-1-3-19(20)25/h1-6,9-10,13-14,16,18,27H,7-8,11-12H2,(H,28,30)(H2,26,29,31)/p+1/b14-13-. The summed E-state index contributed by atoms with van der Waals surface area (Å²) in [4.78, 5) is 24.7. The molecule has 0 saturated heterocycles. The van der Waals surface area contributed by atoms with E-state index < -0.39 is 0 Å². The van der Waals surface area contributed by atoms with Crippen molar-refractivity contribution >= 4 is 34.9 Å². The van der Waals surface area contributed by atoms with Gasteiger partial charge in [-0.3, -0.25) is 20.3 Å². The minimum atomic E-state index is -0.345. The zero-order valence-corrected chi connectivity index (χ0v) is 17.7. The summed E-state index contributed by atoms with van der Waals surface area (Å²) in [5.41, 5.74) is 0.966. The Balaban J connectivity index is 1.40. The molecule has 0 unspecified atom stereocenters. The molecule has 3 rings (SSSR count). The molecule has 0 radical (unpaired) electrons. The fourth-order valence-corrected chi connectivity index (χ4v) is 3.63. The van der Waals surface area contributed by atoms with Crippen LogP contribution in [0.2, 0.25) is 5.02 Å². The van der Waals surface area contributed by atoms with E-state index in [2.05, 4.69) is 10.6 Å². The molecular formula is C23H25ClFN4O2+. The first kappa shape index (κ1) is 22.7. The molecule has 1 fully saturated rings. The Labute approximate surface area is 185 Å². The van der Waals surface area contributed by atoms with Crippen LogP contribution in [0.1, 0.15) is 36.0 Å². The number of amides is 2. The van der Waals surface area contributed by atoms with Gasteiger partial charge in [-0.05, 0) is 56.0 Å². The van der Waals surface area contributed by atoms with Crippen LogP contribution in [0.3, 0.4) is 0 Å². The molecule has 1 aliphatic rings. The van der Waals surface area contributed by atoms with Crippen LogP contribution >= 0.6 is 11.6 Å². The quantitative estimate of drug-likeness (QED) is 0.313. The SMILES string of the molecule is N=C(/C=C\[NH2+]c1ccccc1F)NC(=O)C1CCC(NC(=O)c2ccc(Cl)cc2)CC1. The van der Waals surface area contributed by atoms with Crippen molar-refractivity contribution in [3.8, 4) is 0 Å². The first-order chi connectivity index (χ1) is 14.9. The number of amidine groups is 1. The van der Waals surface area contributed by atoms with Crippen molar-refractivity contribution in [3.05, 3.63) is 77.2 Å². The van der Waals surface area contributed by atoms with Crippen LogP contribution in [0.25, 0.3) is 0 Å². The molecule has 162 valence electrons.